The number of carbonyl (C=O) groups excluding carboxylic acids is 1. The predicted molar refractivity (Wildman–Crippen MR) is 55.9 cm³/mol. The van der Waals surface area contributed by atoms with Crippen LogP contribution >= 0.6 is 0 Å². The van der Waals surface area contributed by atoms with Gasteiger partial charge in [-0.25, -0.2) is 4.79 Å². The summed E-state index contributed by atoms with van der Waals surface area (Å²) in [5, 5.41) is 0. The summed E-state index contributed by atoms with van der Waals surface area (Å²) in [7, 11) is 0. The van der Waals surface area contributed by atoms with Gasteiger partial charge < -0.3 is 9.47 Å². The van der Waals surface area contributed by atoms with E-state index in [4.69, 9.17) is 9.47 Å². The Morgan fingerprint density at radius 1 is 1.57 bits per heavy atom. The summed E-state index contributed by atoms with van der Waals surface area (Å²) in [6.07, 6.45) is 2.21. The molecule has 0 amide bonds. The maximum Gasteiger partial charge on any atom is 0.333 e. The van der Waals surface area contributed by atoms with Crippen LogP contribution in [0.5, 0.6) is 0 Å². The van der Waals surface area contributed by atoms with E-state index in [1.807, 2.05) is 0 Å². The summed E-state index contributed by atoms with van der Waals surface area (Å²) in [5.74, 6) is -0.356. The summed E-state index contributed by atoms with van der Waals surface area (Å²) in [6.45, 7) is 14.1. The quantitative estimate of drug-likeness (QED) is 0.291. The molecule has 0 bridgehead atoms. The lowest BCUT2D eigenvalue weighted by molar-refractivity contribution is -0.139. The third-order valence-electron chi connectivity index (χ3n) is 1.48. The van der Waals surface area contributed by atoms with E-state index in [0.29, 0.717) is 25.2 Å². The van der Waals surface area contributed by atoms with Crippen molar-refractivity contribution in [3.05, 3.63) is 38.0 Å². The summed E-state index contributed by atoms with van der Waals surface area (Å²) in [6, 6.07) is 0. The minimum absolute atomic E-state index is 0.116. The summed E-state index contributed by atoms with van der Waals surface area (Å²) in [5.41, 5.74) is 0.436. The van der Waals surface area contributed by atoms with Gasteiger partial charge in [-0.05, 0) is 6.42 Å². The van der Waals surface area contributed by atoms with Crippen molar-refractivity contribution in [1.29, 1.82) is 0 Å². The second-order valence-corrected chi connectivity index (χ2v) is 2.65. The summed E-state index contributed by atoms with van der Waals surface area (Å²) < 4.78 is 9.74. The number of allylic oxidation sites excluding steroid dienone is 1. The Kier molecular flexibility index (Phi) is 6.41. The lowest BCUT2D eigenvalue weighted by Crippen LogP contribution is -2.11. The molecule has 1 rings (SSSR count). The molecule has 0 N–H and O–H groups in total. The number of esters is 1. The van der Waals surface area contributed by atoms with Crippen molar-refractivity contribution in [2.45, 2.75) is 12.5 Å². The maximum absolute atomic E-state index is 11.0. The maximum atomic E-state index is 11.0. The molecular formula is C11H16O3. The van der Waals surface area contributed by atoms with Crippen LogP contribution in [0.3, 0.4) is 0 Å². The van der Waals surface area contributed by atoms with Crippen molar-refractivity contribution in [3.8, 4) is 0 Å². The molecule has 0 saturated carbocycles. The summed E-state index contributed by atoms with van der Waals surface area (Å²) >= 11 is 0. The molecule has 3 heteroatoms. The Morgan fingerprint density at radius 2 is 2.14 bits per heavy atom. The second-order valence-electron chi connectivity index (χ2n) is 2.65. The van der Waals surface area contributed by atoms with E-state index in [0.717, 1.165) is 0 Å². The van der Waals surface area contributed by atoms with Crippen molar-refractivity contribution >= 4 is 5.97 Å². The molecule has 14 heavy (non-hydrogen) atoms. The topological polar surface area (TPSA) is 38.8 Å². The van der Waals surface area contributed by atoms with Crippen LogP contribution in [0.25, 0.3) is 0 Å². The highest BCUT2D eigenvalue weighted by molar-refractivity contribution is 5.87. The molecule has 1 unspecified atom stereocenters. The second kappa shape index (κ2) is 7.09. The predicted octanol–water partition coefficient (Wildman–Crippen LogP) is 1.86. The van der Waals surface area contributed by atoms with Gasteiger partial charge in [-0.3, -0.25) is 0 Å². The highest BCUT2D eigenvalue weighted by Crippen LogP contribution is 2.10. The van der Waals surface area contributed by atoms with Gasteiger partial charge in [0, 0.05) is 5.57 Å². The van der Waals surface area contributed by atoms with E-state index in [9.17, 15) is 4.79 Å². The summed E-state index contributed by atoms with van der Waals surface area (Å²) in [4.78, 5) is 11.0. The van der Waals surface area contributed by atoms with Gasteiger partial charge in [-0.1, -0.05) is 12.7 Å². The zero-order chi connectivity index (χ0) is 11.0. The first-order chi connectivity index (χ1) is 6.74. The van der Waals surface area contributed by atoms with Gasteiger partial charge in [-0.15, -0.1) is 19.7 Å². The molecule has 0 aromatic carbocycles. The van der Waals surface area contributed by atoms with Crippen molar-refractivity contribution in [3.63, 3.8) is 0 Å². The van der Waals surface area contributed by atoms with Crippen molar-refractivity contribution in [1.82, 2.24) is 0 Å². The van der Waals surface area contributed by atoms with E-state index in [2.05, 4.69) is 26.3 Å². The molecule has 3 nitrogen and oxygen atoms in total. The van der Waals surface area contributed by atoms with E-state index >= 15 is 0 Å². The third kappa shape index (κ3) is 5.32. The number of ether oxygens (including phenoxy) is 2. The first kappa shape index (κ1) is 12.7. The zero-order valence-corrected chi connectivity index (χ0v) is 8.33. The average molecular weight is 196 g/mol. The normalized spacial score (nSPS) is 17.3. The standard InChI is InChI=1S/C9H12O3.C2H4/c1-3-4-7(2)9(10)12-6-8-5-11-8;1-2/h3,8H,1-2,4-6H2;1-2H2. The lowest BCUT2D eigenvalue weighted by atomic mass is 10.2. The minimum Gasteiger partial charge on any atom is -0.459 e. The molecule has 1 heterocycles. The van der Waals surface area contributed by atoms with Crippen LogP contribution in [0, 0.1) is 0 Å². The van der Waals surface area contributed by atoms with E-state index < -0.39 is 0 Å². The van der Waals surface area contributed by atoms with Gasteiger partial charge in [-0.2, -0.15) is 0 Å². The van der Waals surface area contributed by atoms with Crippen LogP contribution in [0.15, 0.2) is 38.0 Å². The molecule has 0 radical (unpaired) electrons. The molecule has 1 saturated heterocycles. The molecule has 1 aliphatic heterocycles. The molecule has 1 fully saturated rings. The fourth-order valence-electron chi connectivity index (χ4n) is 0.693. The highest BCUT2D eigenvalue weighted by Gasteiger charge is 2.24. The third-order valence-corrected chi connectivity index (χ3v) is 1.48. The molecule has 0 aliphatic carbocycles. The van der Waals surface area contributed by atoms with E-state index in [1.54, 1.807) is 6.08 Å². The largest absolute Gasteiger partial charge is 0.459 e. The SMILES string of the molecule is C=C.C=CCC(=C)C(=O)OCC1CO1. The fraction of sp³-hybridized carbons (Fsp3) is 0.364. The van der Waals surface area contributed by atoms with Gasteiger partial charge in [0.1, 0.15) is 12.7 Å². The molecule has 78 valence electrons. The van der Waals surface area contributed by atoms with Gasteiger partial charge >= 0.3 is 5.97 Å². The van der Waals surface area contributed by atoms with E-state index in [1.165, 1.54) is 0 Å². The van der Waals surface area contributed by atoms with Gasteiger partial charge in [0.05, 0.1) is 6.61 Å². The molecule has 1 atom stereocenters. The molecule has 0 aromatic heterocycles. The number of hydrogen-bond donors (Lipinski definition) is 0. The lowest BCUT2D eigenvalue weighted by Gasteiger charge is -2.02. The Bertz CT molecular complexity index is 217. The highest BCUT2D eigenvalue weighted by atomic mass is 16.6. The van der Waals surface area contributed by atoms with Gasteiger partial charge in [0.25, 0.3) is 0 Å². The fourth-order valence-corrected chi connectivity index (χ4v) is 0.693. The molecular weight excluding hydrogens is 180 g/mol. The first-order valence-corrected chi connectivity index (χ1v) is 4.31. The van der Waals surface area contributed by atoms with E-state index in [-0.39, 0.29) is 12.1 Å². The first-order valence-electron chi connectivity index (χ1n) is 4.31. The Morgan fingerprint density at radius 3 is 2.57 bits per heavy atom. The monoisotopic (exact) mass is 196 g/mol. The van der Waals surface area contributed by atoms with Crippen molar-refractivity contribution in [2.75, 3.05) is 13.2 Å². The Balaban J connectivity index is 0.000000791. The van der Waals surface area contributed by atoms with Crippen LogP contribution in [0.4, 0.5) is 0 Å². The van der Waals surface area contributed by atoms with Crippen LogP contribution in [-0.2, 0) is 14.3 Å². The average Bonchev–Trinajstić information content (AvgIpc) is 3.01. The number of rotatable bonds is 5. The van der Waals surface area contributed by atoms with Gasteiger partial charge in [0.15, 0.2) is 0 Å². The van der Waals surface area contributed by atoms with Crippen LogP contribution in [0.2, 0.25) is 0 Å². The van der Waals surface area contributed by atoms with Crippen molar-refractivity contribution in [2.24, 2.45) is 0 Å². The van der Waals surface area contributed by atoms with Crippen LogP contribution < -0.4 is 0 Å². The zero-order valence-electron chi connectivity index (χ0n) is 8.33. The number of carbonyl (C=O) groups is 1. The van der Waals surface area contributed by atoms with Gasteiger partial charge in [0.2, 0.25) is 0 Å². The molecule has 0 aromatic rings. The van der Waals surface area contributed by atoms with Crippen LogP contribution in [-0.4, -0.2) is 25.3 Å². The number of epoxide rings is 1. The Hall–Kier alpha value is -1.35. The minimum atomic E-state index is -0.356. The Labute approximate surface area is 84.7 Å². The van der Waals surface area contributed by atoms with Crippen LogP contribution in [0.1, 0.15) is 6.42 Å². The van der Waals surface area contributed by atoms with Crippen molar-refractivity contribution < 1.29 is 14.3 Å². The smallest absolute Gasteiger partial charge is 0.333 e. The molecule has 1 aliphatic rings. The number of hydrogen-bond acceptors (Lipinski definition) is 3. The molecule has 0 spiro atoms.